The molecule has 0 amide bonds. The summed E-state index contributed by atoms with van der Waals surface area (Å²) in [5, 5.41) is 35.4. The zero-order valence-corrected chi connectivity index (χ0v) is 28.2. The van der Waals surface area contributed by atoms with Crippen LogP contribution < -0.4 is 31.5 Å². The molecule has 6 nitrogen and oxygen atoms in total. The van der Waals surface area contributed by atoms with Gasteiger partial charge in [0.05, 0.1) is 0 Å². The van der Waals surface area contributed by atoms with Crippen LogP contribution in [0.1, 0.15) is 11.1 Å². The summed E-state index contributed by atoms with van der Waals surface area (Å²) < 4.78 is 0. The molecule has 7 heteroatoms. The first-order valence-corrected chi connectivity index (χ1v) is 16.5. The minimum atomic E-state index is -0.182. The largest absolute Gasteiger partial charge is 0.507 e. The van der Waals surface area contributed by atoms with E-state index in [4.69, 9.17) is 0 Å². The van der Waals surface area contributed by atoms with Gasteiger partial charge in [-0.05, 0) is 66.7 Å². The number of fused-ring (bicyclic) bond motifs is 4. The van der Waals surface area contributed by atoms with Crippen LogP contribution in [-0.2, 0) is 26.7 Å². The van der Waals surface area contributed by atoms with Gasteiger partial charge in [-0.1, -0.05) is 109 Å². The number of carbonyl (C=O) groups excluding carboxylic acids is 2. The van der Waals surface area contributed by atoms with E-state index in [0.29, 0.717) is 46.5 Å². The molecule has 0 unspecified atom stereocenters. The summed E-state index contributed by atoms with van der Waals surface area (Å²) in [5.74, 6) is -0.250. The monoisotopic (exact) mass is 715 g/mol. The third kappa shape index (κ3) is 6.03. The Bertz CT molecular complexity index is 2540. The second kappa shape index (κ2) is 14.0. The zero-order valence-electron chi connectivity index (χ0n) is 27.3. The number of allylic oxidation sites excluding steroid dienone is 2. The molecule has 6 aromatic rings. The van der Waals surface area contributed by atoms with Gasteiger partial charge in [-0.25, -0.2) is 0 Å². The van der Waals surface area contributed by atoms with Crippen LogP contribution in [0.4, 0.5) is 0 Å². The average molecular weight is 716 g/mol. The fourth-order valence-electron chi connectivity index (χ4n) is 6.97. The van der Waals surface area contributed by atoms with Crippen molar-refractivity contribution in [1.29, 1.82) is 0 Å². The minimum Gasteiger partial charge on any atom is -0.507 e. The van der Waals surface area contributed by atoms with Crippen LogP contribution in [-0.4, -0.2) is 34.9 Å². The summed E-state index contributed by atoms with van der Waals surface area (Å²) in [6, 6.07) is 37.8. The molecule has 2 aliphatic carbocycles. The molecule has 253 valence electrons. The predicted molar refractivity (Wildman–Crippen MR) is 199 cm³/mol. The van der Waals surface area contributed by atoms with Crippen LogP contribution in [0.5, 0.6) is 11.5 Å². The van der Waals surface area contributed by atoms with Crippen LogP contribution in [0.3, 0.4) is 0 Å². The van der Waals surface area contributed by atoms with Crippen molar-refractivity contribution < 1.29 is 36.9 Å². The molecule has 6 aromatic carbocycles. The van der Waals surface area contributed by atoms with Crippen LogP contribution in [0.2, 0.25) is 0 Å². The van der Waals surface area contributed by atoms with E-state index in [-0.39, 0.29) is 40.1 Å². The zero-order chi connectivity index (χ0) is 34.2. The van der Waals surface area contributed by atoms with E-state index >= 15 is 0 Å². The summed E-state index contributed by atoms with van der Waals surface area (Å²) in [6.07, 6.45) is 7.13. The molecule has 0 bridgehead atoms. The van der Waals surface area contributed by atoms with Crippen molar-refractivity contribution in [2.24, 2.45) is 0 Å². The van der Waals surface area contributed by atoms with Crippen molar-refractivity contribution >= 4 is 56.4 Å². The minimum absolute atomic E-state index is 0. The Labute approximate surface area is 304 Å². The standard InChI is InChI=1S/C44H32N2O4.Cu/c47-37-19-17-27-9-1-5-13-33(27)39(37)41-35-15-7-3-11-29(35)23-31(43(41)49)25-45-21-22-46-26-32-24-30-12-4-8-16-36(30)42(44(32)50)40-34-14-6-2-10-28(34)18-20-38(40)48;/h1-20,23-26,45-48H,21-22H2;/b31-25-,32-26-;. The fourth-order valence-corrected chi connectivity index (χ4v) is 6.97. The third-order valence-corrected chi connectivity index (χ3v) is 9.30. The van der Waals surface area contributed by atoms with Crippen LogP contribution in [0, 0.1) is 0 Å². The first-order chi connectivity index (χ1) is 24.5. The molecule has 8 rings (SSSR count). The summed E-state index contributed by atoms with van der Waals surface area (Å²) in [4.78, 5) is 28.1. The van der Waals surface area contributed by atoms with Crippen LogP contribution in [0.25, 0.3) is 44.8 Å². The summed E-state index contributed by atoms with van der Waals surface area (Å²) >= 11 is 0. The maximum atomic E-state index is 14.0. The van der Waals surface area contributed by atoms with Gasteiger partial charge < -0.3 is 20.8 Å². The number of Topliss-reactive ketones (excluding diaryl/α,β-unsaturated/α-hetero) is 2. The average Bonchev–Trinajstić information content (AvgIpc) is 3.14. The number of rotatable bonds is 7. The number of carbonyl (C=O) groups is 2. The van der Waals surface area contributed by atoms with Crippen molar-refractivity contribution in [2.45, 2.75) is 0 Å². The normalized spacial score (nSPS) is 15.2. The molecule has 0 fully saturated rings. The first kappa shape index (κ1) is 33.4. The number of phenolic OH excluding ortho intramolecular Hbond substituents is 2. The molecule has 0 saturated carbocycles. The van der Waals surface area contributed by atoms with Gasteiger partial charge in [-0.3, -0.25) is 9.59 Å². The Kier molecular flexibility index (Phi) is 9.16. The molecular weight excluding hydrogens is 684 g/mol. The Balaban J connectivity index is 0.00000406. The summed E-state index contributed by atoms with van der Waals surface area (Å²) in [7, 11) is 0. The number of benzene rings is 6. The fraction of sp³-hybridized carbons (Fsp3) is 0.0455. The van der Waals surface area contributed by atoms with Crippen molar-refractivity contribution in [3.63, 3.8) is 0 Å². The molecule has 4 N–H and O–H groups in total. The molecule has 0 heterocycles. The SMILES string of the molecule is O=C1C(c2c(O)ccc3ccccc23)=c2ccccc2=C/C1=C/NCCN/C=C1/C=c2ccccc2=C(c2c(O)ccc3ccccc23)C1=O.[Cu]. The van der Waals surface area contributed by atoms with E-state index in [9.17, 15) is 19.8 Å². The summed E-state index contributed by atoms with van der Waals surface area (Å²) in [5.41, 5.74) is 2.93. The Morgan fingerprint density at radius 1 is 0.490 bits per heavy atom. The number of aromatic hydroxyl groups is 2. The van der Waals surface area contributed by atoms with Crippen molar-refractivity contribution in [1.82, 2.24) is 10.6 Å². The van der Waals surface area contributed by atoms with Gasteiger partial charge >= 0.3 is 0 Å². The van der Waals surface area contributed by atoms with Crippen LogP contribution in [0.15, 0.2) is 145 Å². The number of hydrogen-bond donors (Lipinski definition) is 4. The van der Waals surface area contributed by atoms with Gasteiger partial charge in [0.1, 0.15) is 11.5 Å². The number of nitrogens with one attached hydrogen (secondary N) is 2. The van der Waals surface area contributed by atoms with Gasteiger partial charge in [0.2, 0.25) is 0 Å². The Morgan fingerprint density at radius 3 is 1.33 bits per heavy atom. The second-order valence-corrected chi connectivity index (χ2v) is 12.3. The summed E-state index contributed by atoms with van der Waals surface area (Å²) in [6.45, 7) is 0.937. The van der Waals surface area contributed by atoms with Gasteiger partial charge in [0.25, 0.3) is 0 Å². The molecular formula is C44H32CuN2O4. The quantitative estimate of drug-likeness (QED) is 0.113. The second-order valence-electron chi connectivity index (χ2n) is 12.3. The Morgan fingerprint density at radius 2 is 0.882 bits per heavy atom. The molecule has 0 spiro atoms. The van der Waals surface area contributed by atoms with Gasteiger partial charge in [-0.15, -0.1) is 0 Å². The molecule has 0 aliphatic heterocycles. The molecule has 2 aliphatic rings. The van der Waals surface area contributed by atoms with Crippen molar-refractivity contribution in [2.75, 3.05) is 13.1 Å². The molecule has 1 radical (unpaired) electrons. The molecule has 0 aromatic heterocycles. The topological polar surface area (TPSA) is 98.7 Å². The maximum Gasteiger partial charge on any atom is 0.195 e. The molecule has 0 atom stereocenters. The van der Waals surface area contributed by atoms with E-state index in [1.807, 2.05) is 121 Å². The smallest absolute Gasteiger partial charge is 0.195 e. The molecule has 0 saturated heterocycles. The van der Waals surface area contributed by atoms with Crippen molar-refractivity contribution in [3.05, 3.63) is 177 Å². The maximum absolute atomic E-state index is 14.0. The van der Waals surface area contributed by atoms with Gasteiger partial charge in [0, 0.05) is 76.0 Å². The number of phenols is 2. The van der Waals surface area contributed by atoms with Crippen LogP contribution >= 0.6 is 0 Å². The first-order valence-electron chi connectivity index (χ1n) is 16.5. The van der Waals surface area contributed by atoms with E-state index in [2.05, 4.69) is 10.6 Å². The van der Waals surface area contributed by atoms with E-state index in [0.717, 1.165) is 42.4 Å². The Hall–Kier alpha value is -6.14. The third-order valence-electron chi connectivity index (χ3n) is 9.30. The van der Waals surface area contributed by atoms with E-state index in [1.54, 1.807) is 24.5 Å². The van der Waals surface area contributed by atoms with E-state index in [1.165, 1.54) is 0 Å². The number of ketones is 2. The predicted octanol–water partition coefficient (Wildman–Crippen LogP) is 4.17. The molecule has 51 heavy (non-hydrogen) atoms. The van der Waals surface area contributed by atoms with E-state index < -0.39 is 0 Å². The van der Waals surface area contributed by atoms with Gasteiger partial charge in [0.15, 0.2) is 11.6 Å². The van der Waals surface area contributed by atoms with Crippen molar-refractivity contribution in [3.8, 4) is 11.5 Å². The number of hydrogen-bond acceptors (Lipinski definition) is 6. The van der Waals surface area contributed by atoms with Gasteiger partial charge in [-0.2, -0.15) is 0 Å².